The van der Waals surface area contributed by atoms with Crippen molar-refractivity contribution in [1.29, 1.82) is 0 Å². The molecule has 17 nitrogen and oxygen atoms in total. The van der Waals surface area contributed by atoms with Crippen LogP contribution < -0.4 is 0 Å². The van der Waals surface area contributed by atoms with Crippen LogP contribution >= 0.6 is 15.6 Å². The highest BCUT2D eigenvalue weighted by molar-refractivity contribution is 7.47. The number of phosphoric acid groups is 2. The van der Waals surface area contributed by atoms with Gasteiger partial charge in [-0.25, -0.2) is 9.13 Å². The van der Waals surface area contributed by atoms with E-state index in [1.54, 1.807) is 0 Å². The van der Waals surface area contributed by atoms with E-state index in [9.17, 15) is 43.2 Å². The summed E-state index contributed by atoms with van der Waals surface area (Å²) in [6, 6.07) is 0. The predicted molar refractivity (Wildman–Crippen MR) is 340 cm³/mol. The summed E-state index contributed by atoms with van der Waals surface area (Å²) in [7, 11) is -9.88. The number of hydrogen-bond donors (Lipinski definition) is 3. The van der Waals surface area contributed by atoms with E-state index in [0.29, 0.717) is 25.7 Å². The summed E-state index contributed by atoms with van der Waals surface area (Å²) in [4.78, 5) is 72.0. The van der Waals surface area contributed by atoms with Gasteiger partial charge in [0.25, 0.3) is 0 Å². The van der Waals surface area contributed by atoms with E-state index >= 15 is 0 Å². The molecule has 0 aromatic heterocycles. The first-order valence-corrected chi connectivity index (χ1v) is 37.7. The fraction of sp³-hybridized carbons (Fsp3) is 0.939. The van der Waals surface area contributed by atoms with Gasteiger partial charge in [-0.3, -0.25) is 37.3 Å². The standard InChI is InChI=1S/C66H128O17P2/c1-6-10-13-16-19-20-21-22-23-24-25-26-27-28-29-30-31-32-35-42-47-52-66(71)83-62(56-77-64(69)50-45-40-37-36-38-43-48-59(5)9-4)58-81-85(74,75)79-54-60(67)53-78-84(72,73)80-57-61(82-65(70)51-46-41-34-18-15-12-8-3)55-76-63(68)49-44-39-33-17-14-11-7-2/h59-62,67H,6-58H2,1-5H3,(H,72,73)(H,74,75)/t59?,60-,61+,62+/m0/s1. The van der Waals surface area contributed by atoms with E-state index in [0.717, 1.165) is 128 Å². The Labute approximate surface area is 517 Å². The van der Waals surface area contributed by atoms with E-state index in [-0.39, 0.29) is 25.7 Å². The van der Waals surface area contributed by atoms with E-state index < -0.39 is 97.5 Å². The van der Waals surface area contributed by atoms with Gasteiger partial charge >= 0.3 is 39.5 Å². The second kappa shape index (κ2) is 59.7. The van der Waals surface area contributed by atoms with Crippen LogP contribution in [0.15, 0.2) is 0 Å². The Morgan fingerprint density at radius 2 is 0.565 bits per heavy atom. The highest BCUT2D eigenvalue weighted by Gasteiger charge is 2.30. The predicted octanol–water partition coefficient (Wildman–Crippen LogP) is 18.6. The van der Waals surface area contributed by atoms with Crippen molar-refractivity contribution in [2.75, 3.05) is 39.6 Å². The first-order chi connectivity index (χ1) is 41.1. The Kier molecular flexibility index (Phi) is 58.3. The number of hydrogen-bond acceptors (Lipinski definition) is 15. The molecule has 0 heterocycles. The van der Waals surface area contributed by atoms with Crippen LogP contribution in [0.5, 0.6) is 0 Å². The lowest BCUT2D eigenvalue weighted by molar-refractivity contribution is -0.161. The van der Waals surface area contributed by atoms with Crippen molar-refractivity contribution < 1.29 is 80.2 Å². The molecule has 0 amide bonds. The second-order valence-corrected chi connectivity index (χ2v) is 27.0. The number of phosphoric ester groups is 2. The summed E-state index contributed by atoms with van der Waals surface area (Å²) in [6.07, 6.45) is 45.0. The summed E-state index contributed by atoms with van der Waals surface area (Å²) in [5.74, 6) is -1.41. The molecule has 0 fully saturated rings. The number of unbranched alkanes of at least 4 members (excludes halogenated alkanes) is 37. The topological polar surface area (TPSA) is 237 Å². The summed E-state index contributed by atoms with van der Waals surface area (Å²) in [5.41, 5.74) is 0. The molecule has 3 unspecified atom stereocenters. The lowest BCUT2D eigenvalue weighted by atomic mass is 10.00. The van der Waals surface area contributed by atoms with Crippen molar-refractivity contribution in [3.63, 3.8) is 0 Å². The molecule has 3 N–H and O–H groups in total. The normalized spacial score (nSPS) is 14.5. The van der Waals surface area contributed by atoms with Crippen molar-refractivity contribution in [3.05, 3.63) is 0 Å². The first-order valence-electron chi connectivity index (χ1n) is 34.7. The molecule has 0 saturated heterocycles. The Balaban J connectivity index is 5.08. The molecule has 0 radical (unpaired) electrons. The molecule has 0 aromatic rings. The van der Waals surface area contributed by atoms with Crippen LogP contribution in [0.1, 0.15) is 336 Å². The fourth-order valence-corrected chi connectivity index (χ4v) is 11.5. The Bertz CT molecular complexity index is 1650. The summed E-state index contributed by atoms with van der Waals surface area (Å²) in [5, 5.41) is 10.5. The van der Waals surface area contributed by atoms with Gasteiger partial charge in [0.2, 0.25) is 0 Å². The van der Waals surface area contributed by atoms with E-state index in [1.165, 1.54) is 128 Å². The van der Waals surface area contributed by atoms with Gasteiger partial charge in [0.05, 0.1) is 26.4 Å². The van der Waals surface area contributed by atoms with Gasteiger partial charge < -0.3 is 33.8 Å². The van der Waals surface area contributed by atoms with Gasteiger partial charge in [0.1, 0.15) is 19.3 Å². The minimum absolute atomic E-state index is 0.103. The van der Waals surface area contributed by atoms with Crippen LogP contribution in [-0.4, -0.2) is 96.7 Å². The third-order valence-corrected chi connectivity index (χ3v) is 17.5. The Hall–Kier alpha value is -1.94. The molecule has 0 aliphatic heterocycles. The van der Waals surface area contributed by atoms with Crippen molar-refractivity contribution in [3.8, 4) is 0 Å². The molecule has 0 aromatic carbocycles. The number of carbonyl (C=O) groups excluding carboxylic acids is 4. The number of esters is 4. The highest BCUT2D eigenvalue weighted by atomic mass is 31.2. The van der Waals surface area contributed by atoms with Gasteiger partial charge in [-0.15, -0.1) is 0 Å². The van der Waals surface area contributed by atoms with Crippen LogP contribution in [0.3, 0.4) is 0 Å². The largest absolute Gasteiger partial charge is 0.472 e. The maximum atomic E-state index is 13.0. The lowest BCUT2D eigenvalue weighted by Gasteiger charge is -2.21. The minimum Gasteiger partial charge on any atom is -0.462 e. The average Bonchev–Trinajstić information content (AvgIpc) is 3.50. The number of aliphatic hydroxyl groups excluding tert-OH is 1. The highest BCUT2D eigenvalue weighted by Crippen LogP contribution is 2.45. The van der Waals surface area contributed by atoms with Crippen LogP contribution in [0.2, 0.25) is 0 Å². The smallest absolute Gasteiger partial charge is 0.462 e. The zero-order chi connectivity index (χ0) is 62.8. The zero-order valence-electron chi connectivity index (χ0n) is 54.7. The quantitative estimate of drug-likeness (QED) is 0.0222. The molecule has 0 bridgehead atoms. The van der Waals surface area contributed by atoms with Crippen LogP contribution in [0.4, 0.5) is 0 Å². The van der Waals surface area contributed by atoms with Gasteiger partial charge in [0, 0.05) is 25.7 Å². The number of rotatable bonds is 66. The minimum atomic E-state index is -4.94. The molecule has 19 heteroatoms. The molecule has 504 valence electrons. The van der Waals surface area contributed by atoms with E-state index in [1.807, 2.05) is 0 Å². The van der Waals surface area contributed by atoms with Crippen molar-refractivity contribution in [2.24, 2.45) is 5.92 Å². The maximum absolute atomic E-state index is 13.0. The zero-order valence-corrected chi connectivity index (χ0v) is 56.5. The van der Waals surface area contributed by atoms with Gasteiger partial charge in [-0.05, 0) is 31.6 Å². The summed E-state index contributed by atoms with van der Waals surface area (Å²) in [6.45, 7) is 7.08. The van der Waals surface area contributed by atoms with Crippen LogP contribution in [-0.2, 0) is 65.4 Å². The fourth-order valence-electron chi connectivity index (χ4n) is 9.90. The summed E-state index contributed by atoms with van der Waals surface area (Å²) < 4.78 is 67.8. The van der Waals surface area contributed by atoms with Crippen LogP contribution in [0.25, 0.3) is 0 Å². The molecule has 85 heavy (non-hydrogen) atoms. The van der Waals surface area contributed by atoms with Gasteiger partial charge in [-0.1, -0.05) is 285 Å². The third kappa shape index (κ3) is 59.5. The molecule has 0 saturated carbocycles. The third-order valence-electron chi connectivity index (χ3n) is 15.6. The molecule has 6 atom stereocenters. The van der Waals surface area contributed by atoms with E-state index in [2.05, 4.69) is 34.6 Å². The Morgan fingerprint density at radius 1 is 0.329 bits per heavy atom. The lowest BCUT2D eigenvalue weighted by Crippen LogP contribution is -2.30. The Morgan fingerprint density at radius 3 is 0.835 bits per heavy atom. The SMILES string of the molecule is CCCCCCCCCCCCCCCCCCCCCCCC(=O)O[C@H](COC(=O)CCCCCCCCC(C)CC)COP(=O)(O)OC[C@@H](O)COP(=O)(O)OC[C@@H](COC(=O)CCCCCCCCC)OC(=O)CCCCCCCCC. The summed E-state index contributed by atoms with van der Waals surface area (Å²) >= 11 is 0. The average molecular weight is 1260 g/mol. The van der Waals surface area contributed by atoms with Crippen molar-refractivity contribution in [1.82, 2.24) is 0 Å². The molecule has 0 aliphatic rings. The first kappa shape index (κ1) is 83.1. The number of aliphatic hydroxyl groups is 1. The second-order valence-electron chi connectivity index (χ2n) is 24.1. The molecule has 0 spiro atoms. The van der Waals surface area contributed by atoms with Gasteiger partial charge in [-0.2, -0.15) is 0 Å². The van der Waals surface area contributed by atoms with Crippen molar-refractivity contribution in [2.45, 2.75) is 355 Å². The molecule has 0 aliphatic carbocycles. The van der Waals surface area contributed by atoms with Gasteiger partial charge in [0.15, 0.2) is 12.2 Å². The van der Waals surface area contributed by atoms with Crippen molar-refractivity contribution >= 4 is 39.5 Å². The number of ether oxygens (including phenoxy) is 4. The molecule has 0 rings (SSSR count). The monoisotopic (exact) mass is 1250 g/mol. The molecular weight excluding hydrogens is 1130 g/mol. The number of carbonyl (C=O) groups is 4. The maximum Gasteiger partial charge on any atom is 0.472 e. The molecular formula is C66H128O17P2. The van der Waals surface area contributed by atoms with E-state index in [4.69, 9.17) is 37.0 Å². The van der Waals surface area contributed by atoms with Crippen LogP contribution in [0, 0.1) is 5.92 Å².